The fraction of sp³-hybridized carbons (Fsp3) is 0.818. The number of rotatable bonds is 10. The van der Waals surface area contributed by atoms with Gasteiger partial charge in [0.05, 0.1) is 11.8 Å². The molecular formula is C11H20N2O4S. The minimum absolute atomic E-state index is 0.134. The molecule has 18 heavy (non-hydrogen) atoms. The normalized spacial score (nSPS) is 12.9. The van der Waals surface area contributed by atoms with Gasteiger partial charge in [0.15, 0.2) is 0 Å². The minimum atomic E-state index is -3.58. The predicted molar refractivity (Wildman–Crippen MR) is 67.3 cm³/mol. The van der Waals surface area contributed by atoms with Gasteiger partial charge in [-0.2, -0.15) is 5.26 Å². The molecule has 0 aliphatic heterocycles. The predicted octanol–water partition coefficient (Wildman–Crippen LogP) is 1.24. The molecule has 1 unspecified atom stereocenters. The van der Waals surface area contributed by atoms with Crippen molar-refractivity contribution in [3.05, 3.63) is 0 Å². The first-order valence-corrected chi connectivity index (χ1v) is 7.68. The van der Waals surface area contributed by atoms with Crippen molar-refractivity contribution in [3.8, 4) is 6.07 Å². The van der Waals surface area contributed by atoms with Crippen LogP contribution in [0.2, 0.25) is 0 Å². The van der Waals surface area contributed by atoms with Crippen molar-refractivity contribution in [3.63, 3.8) is 0 Å². The Morgan fingerprint density at radius 2 is 2.06 bits per heavy atom. The van der Waals surface area contributed by atoms with Crippen LogP contribution in [0.3, 0.4) is 0 Å². The Morgan fingerprint density at radius 1 is 1.39 bits per heavy atom. The van der Waals surface area contributed by atoms with E-state index in [-0.39, 0.29) is 5.75 Å². The zero-order chi connectivity index (χ0) is 14.0. The summed E-state index contributed by atoms with van der Waals surface area (Å²) >= 11 is 0. The van der Waals surface area contributed by atoms with E-state index in [0.29, 0.717) is 32.1 Å². The van der Waals surface area contributed by atoms with Crippen molar-refractivity contribution in [2.24, 2.45) is 0 Å². The molecule has 0 aromatic carbocycles. The summed E-state index contributed by atoms with van der Waals surface area (Å²) in [5.41, 5.74) is 0. The number of nitrogens with one attached hydrogen (secondary N) is 1. The van der Waals surface area contributed by atoms with E-state index in [9.17, 15) is 13.2 Å². The lowest BCUT2D eigenvalue weighted by molar-refractivity contribution is -0.139. The van der Waals surface area contributed by atoms with Gasteiger partial charge >= 0.3 is 5.97 Å². The highest BCUT2D eigenvalue weighted by Gasteiger charge is 2.22. The lowest BCUT2D eigenvalue weighted by Gasteiger charge is -2.14. The lowest BCUT2D eigenvalue weighted by atomic mass is 10.1. The van der Waals surface area contributed by atoms with Gasteiger partial charge in [0.25, 0.3) is 0 Å². The number of nitriles is 1. The van der Waals surface area contributed by atoms with Crippen LogP contribution >= 0.6 is 0 Å². The van der Waals surface area contributed by atoms with Crippen LogP contribution in [0, 0.1) is 11.3 Å². The molecule has 0 saturated heterocycles. The smallest absolute Gasteiger partial charge is 0.321 e. The van der Waals surface area contributed by atoms with E-state index >= 15 is 0 Å². The molecule has 0 heterocycles. The number of sulfonamides is 1. The Kier molecular flexibility index (Phi) is 8.33. The van der Waals surface area contributed by atoms with Gasteiger partial charge in [-0.05, 0) is 19.3 Å². The van der Waals surface area contributed by atoms with Gasteiger partial charge in [-0.3, -0.25) is 4.79 Å². The second-order valence-corrected chi connectivity index (χ2v) is 5.96. The van der Waals surface area contributed by atoms with Crippen LogP contribution in [-0.4, -0.2) is 31.3 Å². The van der Waals surface area contributed by atoms with Crippen molar-refractivity contribution in [2.75, 3.05) is 5.75 Å². The summed E-state index contributed by atoms with van der Waals surface area (Å²) in [6.07, 6.45) is 2.95. The van der Waals surface area contributed by atoms with Crippen LogP contribution in [0.4, 0.5) is 0 Å². The van der Waals surface area contributed by atoms with Crippen molar-refractivity contribution < 1.29 is 18.3 Å². The Hall–Kier alpha value is -1.13. The molecule has 0 amide bonds. The average Bonchev–Trinajstić information content (AvgIpc) is 2.30. The maximum absolute atomic E-state index is 11.6. The Morgan fingerprint density at radius 3 is 2.56 bits per heavy atom. The van der Waals surface area contributed by atoms with Gasteiger partial charge in [0.2, 0.25) is 10.0 Å². The van der Waals surface area contributed by atoms with Gasteiger partial charge in [-0.1, -0.05) is 19.8 Å². The summed E-state index contributed by atoms with van der Waals surface area (Å²) in [6, 6.07) is 0.881. The monoisotopic (exact) mass is 276 g/mol. The largest absolute Gasteiger partial charge is 0.480 e. The van der Waals surface area contributed by atoms with E-state index in [0.717, 1.165) is 6.42 Å². The van der Waals surface area contributed by atoms with Crippen molar-refractivity contribution in [1.82, 2.24) is 4.72 Å². The molecule has 0 aromatic heterocycles. The van der Waals surface area contributed by atoms with Gasteiger partial charge in [-0.15, -0.1) is 0 Å². The third-order valence-electron chi connectivity index (χ3n) is 2.42. The number of carboxylic acid groups (broad SMARTS) is 1. The summed E-state index contributed by atoms with van der Waals surface area (Å²) in [5, 5.41) is 17.2. The molecule has 6 nitrogen and oxygen atoms in total. The molecule has 0 aromatic rings. The fourth-order valence-corrected chi connectivity index (χ4v) is 2.77. The summed E-state index contributed by atoms with van der Waals surface area (Å²) in [6.45, 7) is 1.91. The molecular weight excluding hydrogens is 256 g/mol. The Labute approximate surface area is 108 Å². The van der Waals surface area contributed by atoms with E-state index < -0.39 is 22.0 Å². The topological polar surface area (TPSA) is 107 Å². The highest BCUT2D eigenvalue weighted by Crippen LogP contribution is 2.04. The zero-order valence-electron chi connectivity index (χ0n) is 10.6. The van der Waals surface area contributed by atoms with Crippen molar-refractivity contribution in [2.45, 2.75) is 51.5 Å². The molecule has 0 rings (SSSR count). The molecule has 0 aliphatic carbocycles. The molecule has 0 spiro atoms. The minimum Gasteiger partial charge on any atom is -0.480 e. The third kappa shape index (κ3) is 8.03. The van der Waals surface area contributed by atoms with Gasteiger partial charge in [-0.25, -0.2) is 13.1 Å². The van der Waals surface area contributed by atoms with Crippen LogP contribution in [0.15, 0.2) is 0 Å². The maximum atomic E-state index is 11.6. The van der Waals surface area contributed by atoms with Gasteiger partial charge in [0.1, 0.15) is 6.04 Å². The average molecular weight is 276 g/mol. The number of carbonyl (C=O) groups is 1. The fourth-order valence-electron chi connectivity index (χ4n) is 1.41. The van der Waals surface area contributed by atoms with Gasteiger partial charge < -0.3 is 5.11 Å². The summed E-state index contributed by atoms with van der Waals surface area (Å²) < 4.78 is 25.4. The molecule has 104 valence electrons. The quantitative estimate of drug-likeness (QED) is 0.584. The number of hydrogen-bond acceptors (Lipinski definition) is 4. The van der Waals surface area contributed by atoms with Crippen molar-refractivity contribution >= 4 is 16.0 Å². The van der Waals surface area contributed by atoms with Crippen LogP contribution < -0.4 is 4.72 Å². The summed E-state index contributed by atoms with van der Waals surface area (Å²) in [7, 11) is -3.58. The maximum Gasteiger partial charge on any atom is 0.321 e. The summed E-state index contributed by atoms with van der Waals surface area (Å²) in [4.78, 5) is 10.9. The number of carboxylic acids is 1. The molecule has 0 fully saturated rings. The number of nitrogens with zero attached hydrogens (tertiary/aromatic N) is 1. The first kappa shape index (κ1) is 16.9. The highest BCUT2D eigenvalue weighted by molar-refractivity contribution is 7.89. The second kappa shape index (κ2) is 8.89. The van der Waals surface area contributed by atoms with Crippen LogP contribution in [0.1, 0.15) is 45.4 Å². The van der Waals surface area contributed by atoms with E-state index in [1.165, 1.54) is 0 Å². The summed E-state index contributed by atoms with van der Waals surface area (Å²) in [5.74, 6) is -1.28. The Bertz CT molecular complexity index is 386. The van der Waals surface area contributed by atoms with E-state index in [2.05, 4.69) is 4.72 Å². The third-order valence-corrected chi connectivity index (χ3v) is 3.89. The number of unbranched alkanes of at least 4 members (excludes halogenated alkanes) is 3. The lowest BCUT2D eigenvalue weighted by Crippen LogP contribution is -2.41. The molecule has 7 heteroatoms. The number of aliphatic carboxylic acids is 1. The molecule has 0 bridgehead atoms. The molecule has 0 saturated carbocycles. The number of hydrogen-bond donors (Lipinski definition) is 2. The van der Waals surface area contributed by atoms with Crippen LogP contribution in [0.5, 0.6) is 0 Å². The SMILES string of the molecule is CCCCC(NS(=O)(=O)CCCCC#N)C(=O)O. The van der Waals surface area contributed by atoms with Crippen LogP contribution in [0.25, 0.3) is 0 Å². The van der Waals surface area contributed by atoms with E-state index in [1.54, 1.807) is 0 Å². The first-order valence-electron chi connectivity index (χ1n) is 6.02. The second-order valence-electron chi connectivity index (χ2n) is 4.08. The highest BCUT2D eigenvalue weighted by atomic mass is 32.2. The Balaban J connectivity index is 4.25. The van der Waals surface area contributed by atoms with E-state index in [1.807, 2.05) is 13.0 Å². The standard InChI is InChI=1S/C11H20N2O4S/c1-2-3-7-10(11(14)15)13-18(16,17)9-6-4-5-8-12/h10,13H,2-7,9H2,1H3,(H,14,15). The van der Waals surface area contributed by atoms with Crippen molar-refractivity contribution in [1.29, 1.82) is 5.26 Å². The molecule has 0 radical (unpaired) electrons. The van der Waals surface area contributed by atoms with Crippen LogP contribution in [-0.2, 0) is 14.8 Å². The molecule has 2 N–H and O–H groups in total. The van der Waals surface area contributed by atoms with E-state index in [4.69, 9.17) is 10.4 Å². The van der Waals surface area contributed by atoms with Gasteiger partial charge in [0, 0.05) is 6.42 Å². The first-order chi connectivity index (χ1) is 8.43. The molecule has 0 aliphatic rings. The zero-order valence-corrected chi connectivity index (χ0v) is 11.4. The molecule has 1 atom stereocenters.